The van der Waals surface area contributed by atoms with Crippen LogP contribution in [0.4, 0.5) is 0 Å². The minimum absolute atomic E-state index is 0.0619. The minimum atomic E-state index is -4.40. The second-order valence-electron chi connectivity index (χ2n) is 20.5. The first-order valence-electron chi connectivity index (χ1n) is 27.9. The van der Waals surface area contributed by atoms with E-state index in [0.29, 0.717) is 23.9 Å². The molecule has 64 heavy (non-hydrogen) atoms. The molecule has 0 fully saturated rings. The van der Waals surface area contributed by atoms with Gasteiger partial charge in [0.2, 0.25) is 5.91 Å². The Bertz CT molecular complexity index is 1110. The van der Waals surface area contributed by atoms with Gasteiger partial charge in [0.1, 0.15) is 18.9 Å². The molecule has 1 amide bonds. The number of allylic oxidation sites excluding steroid dienone is 1. The highest BCUT2D eigenvalue weighted by Gasteiger charge is 2.31. The van der Waals surface area contributed by atoms with Gasteiger partial charge in [-0.1, -0.05) is 251 Å². The second-order valence-corrected chi connectivity index (χ2v) is 22.0. The lowest BCUT2D eigenvalue weighted by atomic mass is 9.90. The van der Waals surface area contributed by atoms with Crippen molar-refractivity contribution in [1.82, 2.24) is 5.32 Å². The standard InChI is InChI=1S/C55H109N2O6P/c1-7-10-13-16-19-22-25-28-31-34-37-40-43-46-52(54(58)47-44-41-38-35-32-29-26-23-20-17-14-11-8-2)53(51-63-64(60,61)62-50-49-57(4,5)6)56-55(59)48-45-42-39-36-33-30-27-24-21-18-15-12-9-3/h43,46,52-53H,7-42,44-45,47-51H2,1-6H3,(H-,56,59,60,61)/p+1/b46-43+/t52-,53-/m1/s1. The summed E-state index contributed by atoms with van der Waals surface area (Å²) < 4.78 is 24.6. The number of ketones is 1. The third kappa shape index (κ3) is 44.8. The van der Waals surface area contributed by atoms with Gasteiger partial charge in [-0.3, -0.25) is 18.6 Å². The van der Waals surface area contributed by atoms with Crippen molar-refractivity contribution in [2.75, 3.05) is 40.9 Å². The van der Waals surface area contributed by atoms with Crippen LogP contribution in [0.15, 0.2) is 12.2 Å². The lowest BCUT2D eigenvalue weighted by Gasteiger charge is -2.27. The quantitative estimate of drug-likeness (QED) is 0.0273. The number of carbonyl (C=O) groups is 2. The van der Waals surface area contributed by atoms with Crippen LogP contribution in [0.3, 0.4) is 0 Å². The Hall–Kier alpha value is -1.05. The lowest BCUT2D eigenvalue weighted by molar-refractivity contribution is -0.870. The van der Waals surface area contributed by atoms with Crippen LogP contribution in [0.25, 0.3) is 0 Å². The molecular formula is C55H110N2O6P+. The van der Waals surface area contributed by atoms with Gasteiger partial charge in [-0.25, -0.2) is 4.57 Å². The number of amides is 1. The maximum atomic E-state index is 14.1. The van der Waals surface area contributed by atoms with Crippen LogP contribution in [-0.2, 0) is 23.2 Å². The number of phosphoric ester groups is 1. The number of phosphoric acid groups is 1. The van der Waals surface area contributed by atoms with Gasteiger partial charge in [-0.2, -0.15) is 0 Å². The fourth-order valence-electron chi connectivity index (χ4n) is 8.58. The number of unbranched alkanes of at least 4 members (excludes halogenated alkanes) is 35. The van der Waals surface area contributed by atoms with Gasteiger partial charge in [0.25, 0.3) is 0 Å². The van der Waals surface area contributed by atoms with Crippen molar-refractivity contribution in [2.24, 2.45) is 5.92 Å². The molecule has 0 aliphatic carbocycles. The molecule has 0 rings (SSSR count). The molecule has 1 unspecified atom stereocenters. The zero-order valence-electron chi connectivity index (χ0n) is 43.6. The zero-order chi connectivity index (χ0) is 47.3. The highest BCUT2D eigenvalue weighted by atomic mass is 31.2. The third-order valence-corrected chi connectivity index (χ3v) is 13.9. The summed E-state index contributed by atoms with van der Waals surface area (Å²) in [5, 5.41) is 3.11. The Morgan fingerprint density at radius 2 is 0.859 bits per heavy atom. The van der Waals surface area contributed by atoms with E-state index < -0.39 is 19.8 Å². The molecule has 3 atom stereocenters. The van der Waals surface area contributed by atoms with E-state index in [1.165, 1.54) is 193 Å². The van der Waals surface area contributed by atoms with E-state index in [-0.39, 0.29) is 24.9 Å². The van der Waals surface area contributed by atoms with Crippen LogP contribution in [0, 0.1) is 5.92 Å². The molecule has 8 nitrogen and oxygen atoms in total. The van der Waals surface area contributed by atoms with Gasteiger partial charge in [0.05, 0.1) is 39.7 Å². The third-order valence-electron chi connectivity index (χ3n) is 12.9. The molecule has 0 aromatic rings. The summed E-state index contributed by atoms with van der Waals surface area (Å²) in [4.78, 5) is 38.3. The first-order valence-corrected chi connectivity index (χ1v) is 29.4. The van der Waals surface area contributed by atoms with Crippen molar-refractivity contribution in [3.63, 3.8) is 0 Å². The van der Waals surface area contributed by atoms with Crippen molar-refractivity contribution in [1.29, 1.82) is 0 Å². The Balaban J connectivity index is 5.40. The van der Waals surface area contributed by atoms with Crippen molar-refractivity contribution in [2.45, 2.75) is 284 Å². The lowest BCUT2D eigenvalue weighted by Crippen LogP contribution is -2.45. The van der Waals surface area contributed by atoms with Crippen LogP contribution < -0.4 is 5.32 Å². The Morgan fingerprint density at radius 3 is 1.23 bits per heavy atom. The van der Waals surface area contributed by atoms with Gasteiger partial charge in [0, 0.05) is 12.8 Å². The Kier molecular flexibility index (Phi) is 45.0. The van der Waals surface area contributed by atoms with E-state index in [4.69, 9.17) is 9.05 Å². The molecule has 0 bridgehead atoms. The van der Waals surface area contributed by atoms with Crippen molar-refractivity contribution in [3.05, 3.63) is 12.2 Å². The number of nitrogens with one attached hydrogen (secondary N) is 1. The number of hydrogen-bond acceptors (Lipinski definition) is 5. The number of carbonyl (C=O) groups excluding carboxylic acids is 2. The monoisotopic (exact) mass is 926 g/mol. The normalized spacial score (nSPS) is 14.0. The van der Waals surface area contributed by atoms with Crippen LogP contribution in [0.1, 0.15) is 278 Å². The maximum Gasteiger partial charge on any atom is 0.472 e. The van der Waals surface area contributed by atoms with Gasteiger partial charge < -0.3 is 14.7 Å². The minimum Gasteiger partial charge on any atom is -0.350 e. The molecule has 0 radical (unpaired) electrons. The largest absolute Gasteiger partial charge is 0.472 e. The summed E-state index contributed by atoms with van der Waals surface area (Å²) in [6.07, 6.45) is 52.1. The summed E-state index contributed by atoms with van der Waals surface area (Å²) in [6, 6.07) is -0.750. The van der Waals surface area contributed by atoms with Crippen molar-refractivity contribution in [3.8, 4) is 0 Å². The molecule has 0 saturated heterocycles. The molecule has 9 heteroatoms. The number of quaternary nitrogens is 1. The fourth-order valence-corrected chi connectivity index (χ4v) is 9.31. The molecule has 0 aromatic heterocycles. The molecule has 2 N–H and O–H groups in total. The summed E-state index contributed by atoms with van der Waals surface area (Å²) in [6.45, 7) is 7.14. The van der Waals surface area contributed by atoms with Crippen LogP contribution in [-0.4, -0.2) is 68.0 Å². The van der Waals surface area contributed by atoms with E-state index in [1.807, 2.05) is 27.2 Å². The topological polar surface area (TPSA) is 102 Å². The summed E-state index contributed by atoms with van der Waals surface area (Å²) in [5.41, 5.74) is 0. The first-order chi connectivity index (χ1) is 31.0. The maximum absolute atomic E-state index is 14.1. The molecule has 380 valence electrons. The number of hydrogen-bond donors (Lipinski definition) is 2. The van der Waals surface area contributed by atoms with Gasteiger partial charge in [-0.15, -0.1) is 0 Å². The predicted octanol–water partition coefficient (Wildman–Crippen LogP) is 16.7. The molecule has 0 aromatic carbocycles. The number of likely N-dealkylation sites (N-methyl/N-ethyl adjacent to an activating group) is 1. The van der Waals surface area contributed by atoms with Gasteiger partial charge >= 0.3 is 7.82 Å². The molecule has 0 aliphatic rings. The Morgan fingerprint density at radius 1 is 0.516 bits per heavy atom. The number of Topliss-reactive ketones (excluding diaryl/α,β-unsaturated/α-hetero) is 1. The van der Waals surface area contributed by atoms with Gasteiger partial charge in [-0.05, 0) is 25.7 Å². The van der Waals surface area contributed by atoms with E-state index in [0.717, 1.165) is 51.4 Å². The van der Waals surface area contributed by atoms with E-state index in [2.05, 4.69) is 32.2 Å². The van der Waals surface area contributed by atoms with Gasteiger partial charge in [0.15, 0.2) is 0 Å². The summed E-state index contributed by atoms with van der Waals surface area (Å²) in [5.74, 6) is -0.702. The first kappa shape index (κ1) is 63.0. The molecular weight excluding hydrogens is 816 g/mol. The average Bonchev–Trinajstić information content (AvgIpc) is 3.25. The Labute approximate surface area is 398 Å². The van der Waals surface area contributed by atoms with E-state index in [1.54, 1.807) is 0 Å². The van der Waals surface area contributed by atoms with E-state index >= 15 is 0 Å². The SMILES string of the molecule is CCCCCCCCCCCCC/C=C/[C@@H](C(=O)CCCCCCCCCCCCCCC)[C@@H](COP(=O)(O)OCC[N+](C)(C)C)NC(=O)CCCCCCCCCCCCCCC. The second kappa shape index (κ2) is 45.7. The zero-order valence-corrected chi connectivity index (χ0v) is 44.5. The number of rotatable bonds is 51. The fraction of sp³-hybridized carbons (Fsp3) is 0.927. The summed E-state index contributed by atoms with van der Waals surface area (Å²) in [7, 11) is 1.57. The van der Waals surface area contributed by atoms with Crippen LogP contribution in [0.2, 0.25) is 0 Å². The molecule has 0 saturated carbocycles. The van der Waals surface area contributed by atoms with Crippen LogP contribution >= 0.6 is 7.82 Å². The van der Waals surface area contributed by atoms with E-state index in [9.17, 15) is 19.0 Å². The highest BCUT2D eigenvalue weighted by molar-refractivity contribution is 7.47. The van der Waals surface area contributed by atoms with Crippen molar-refractivity contribution < 1.29 is 32.6 Å². The molecule has 0 aliphatic heterocycles. The average molecular weight is 926 g/mol. The molecule has 0 spiro atoms. The predicted molar refractivity (Wildman–Crippen MR) is 276 cm³/mol. The summed E-state index contributed by atoms with van der Waals surface area (Å²) >= 11 is 0. The molecule has 0 heterocycles. The highest BCUT2D eigenvalue weighted by Crippen LogP contribution is 2.43. The van der Waals surface area contributed by atoms with Crippen molar-refractivity contribution >= 4 is 19.5 Å². The number of nitrogens with zero attached hydrogens (tertiary/aromatic N) is 1. The smallest absolute Gasteiger partial charge is 0.350 e. The van der Waals surface area contributed by atoms with Crippen LogP contribution in [0.5, 0.6) is 0 Å².